The molecule has 0 bridgehead atoms. The number of carbonyl (C=O) groups excluding carboxylic acids is 2. The summed E-state index contributed by atoms with van der Waals surface area (Å²) in [6.45, 7) is 3.53. The predicted molar refractivity (Wildman–Crippen MR) is 102 cm³/mol. The van der Waals surface area contributed by atoms with E-state index in [1.165, 1.54) is 40.9 Å². The van der Waals surface area contributed by atoms with Gasteiger partial charge in [0, 0.05) is 4.75 Å². The first kappa shape index (κ1) is 25.6. The monoisotopic (exact) mass is 419 g/mol. The maximum atomic E-state index is 12.3. The zero-order chi connectivity index (χ0) is 18.5. The van der Waals surface area contributed by atoms with E-state index < -0.39 is 46.0 Å². The van der Waals surface area contributed by atoms with Gasteiger partial charge in [-0.1, -0.05) is 12.1 Å². The molecule has 28 heavy (non-hydrogen) atoms. The van der Waals surface area contributed by atoms with E-state index in [9.17, 15) is 24.6 Å². The standard InChI is InChI=1S/C16H19N3O5S.3H2O/c1-16(2)11(15(23)24)19-13(22)10(14(19)25-16)18-12(21)9(17)7-3-5-8(20)6-4-7;;;/h3-6,9-11,14,20H,17H2,1-2H3,(H,18,21)(H,23,24);3*1H2/t9-,10-,11+,14-;;;/m0.../s1. The molecule has 0 unspecified atom stereocenters. The number of phenolic OH excluding ortho intramolecular Hbond substituents is 1. The number of nitrogens with one attached hydrogen (secondary N) is 1. The number of hydrogen-bond acceptors (Lipinski definition) is 6. The lowest BCUT2D eigenvalue weighted by Crippen LogP contribution is -2.71. The summed E-state index contributed by atoms with van der Waals surface area (Å²) in [5.74, 6) is -1.94. The van der Waals surface area contributed by atoms with Crippen LogP contribution in [0.2, 0.25) is 0 Å². The summed E-state index contributed by atoms with van der Waals surface area (Å²) in [5.41, 5.74) is 6.41. The number of carbonyl (C=O) groups is 3. The first-order valence-corrected chi connectivity index (χ1v) is 8.59. The molecule has 2 aliphatic heterocycles. The fourth-order valence-corrected chi connectivity index (χ4v) is 4.85. The second-order valence-corrected chi connectivity index (χ2v) is 8.42. The van der Waals surface area contributed by atoms with Crippen molar-refractivity contribution in [2.24, 2.45) is 5.73 Å². The van der Waals surface area contributed by atoms with Crippen LogP contribution in [-0.4, -0.2) is 71.5 Å². The molecule has 4 atom stereocenters. The summed E-state index contributed by atoms with van der Waals surface area (Å²) in [6, 6.07) is 3.21. The van der Waals surface area contributed by atoms with Crippen LogP contribution in [0.3, 0.4) is 0 Å². The number of thioether (sulfide) groups is 1. The third-order valence-corrected chi connectivity index (χ3v) is 6.08. The number of rotatable bonds is 4. The van der Waals surface area contributed by atoms with Crippen molar-refractivity contribution < 1.29 is 41.0 Å². The number of amides is 2. The Kier molecular flexibility index (Phi) is 8.01. The van der Waals surface area contributed by atoms with E-state index in [4.69, 9.17) is 5.73 Å². The molecule has 2 aliphatic rings. The van der Waals surface area contributed by atoms with E-state index >= 15 is 0 Å². The van der Waals surface area contributed by atoms with Crippen LogP contribution < -0.4 is 11.1 Å². The summed E-state index contributed by atoms with van der Waals surface area (Å²) >= 11 is 1.35. The molecule has 11 nitrogen and oxygen atoms in total. The molecule has 2 heterocycles. The van der Waals surface area contributed by atoms with E-state index in [-0.39, 0.29) is 22.2 Å². The number of aromatic hydroxyl groups is 1. The van der Waals surface area contributed by atoms with E-state index in [2.05, 4.69) is 5.32 Å². The molecule has 2 saturated heterocycles. The van der Waals surface area contributed by atoms with E-state index in [0.717, 1.165) is 0 Å². The molecule has 2 fully saturated rings. The Balaban J connectivity index is 0.00000243. The van der Waals surface area contributed by atoms with Gasteiger partial charge in [0.1, 0.15) is 29.2 Å². The first-order chi connectivity index (χ1) is 11.6. The number of carboxylic acids is 1. The van der Waals surface area contributed by atoms with Crippen molar-refractivity contribution in [3.05, 3.63) is 29.8 Å². The zero-order valence-corrected chi connectivity index (χ0v) is 16.0. The smallest absolute Gasteiger partial charge is 0.327 e. The second-order valence-electron chi connectivity index (χ2n) is 6.65. The number of fused-ring (bicyclic) bond motifs is 1. The quantitative estimate of drug-likeness (QED) is 0.384. The fraction of sp³-hybridized carbons (Fsp3) is 0.438. The van der Waals surface area contributed by atoms with Gasteiger partial charge < -0.3 is 42.6 Å². The minimum atomic E-state index is -1.06. The van der Waals surface area contributed by atoms with Crippen LogP contribution in [0.15, 0.2) is 24.3 Å². The lowest BCUT2D eigenvalue weighted by Gasteiger charge is -2.43. The van der Waals surface area contributed by atoms with Gasteiger partial charge in [-0.15, -0.1) is 11.8 Å². The van der Waals surface area contributed by atoms with Crippen LogP contribution in [-0.2, 0) is 14.4 Å². The summed E-state index contributed by atoms with van der Waals surface area (Å²) in [7, 11) is 0. The Morgan fingerprint density at radius 3 is 2.25 bits per heavy atom. The Morgan fingerprint density at radius 2 is 1.75 bits per heavy atom. The number of carboxylic acid groups (broad SMARTS) is 1. The van der Waals surface area contributed by atoms with Gasteiger partial charge in [0.05, 0.1) is 0 Å². The van der Waals surface area contributed by atoms with Crippen LogP contribution in [0, 0.1) is 0 Å². The third-order valence-electron chi connectivity index (χ3n) is 4.51. The lowest BCUT2D eigenvalue weighted by atomic mass is 9.95. The van der Waals surface area contributed by atoms with Crippen molar-refractivity contribution in [2.75, 3.05) is 0 Å². The van der Waals surface area contributed by atoms with Crippen molar-refractivity contribution >= 4 is 29.5 Å². The van der Waals surface area contributed by atoms with Gasteiger partial charge in [-0.3, -0.25) is 9.59 Å². The SMILES string of the molecule is CC1(C)S[C@H]2[C@@H](NC(=O)[C@@H](N)c3ccc(O)cc3)C(=O)N2[C@@H]1C(=O)O.O.O.O. The van der Waals surface area contributed by atoms with Crippen LogP contribution in [0.5, 0.6) is 5.75 Å². The largest absolute Gasteiger partial charge is 0.508 e. The highest BCUT2D eigenvalue weighted by Gasteiger charge is 2.64. The van der Waals surface area contributed by atoms with Crippen LogP contribution >= 0.6 is 11.8 Å². The maximum absolute atomic E-state index is 12.3. The molecular weight excluding hydrogens is 394 g/mol. The van der Waals surface area contributed by atoms with Crippen molar-refractivity contribution in [1.82, 2.24) is 10.2 Å². The molecule has 12 heteroatoms. The maximum Gasteiger partial charge on any atom is 0.327 e. The molecule has 11 N–H and O–H groups in total. The van der Waals surface area contributed by atoms with E-state index in [1.807, 2.05) is 0 Å². The Morgan fingerprint density at radius 1 is 1.21 bits per heavy atom. The van der Waals surface area contributed by atoms with Gasteiger partial charge in [0.2, 0.25) is 11.8 Å². The van der Waals surface area contributed by atoms with Gasteiger partial charge in [-0.05, 0) is 31.5 Å². The van der Waals surface area contributed by atoms with Crippen molar-refractivity contribution in [3.63, 3.8) is 0 Å². The highest BCUT2D eigenvalue weighted by molar-refractivity contribution is 8.01. The zero-order valence-electron chi connectivity index (χ0n) is 15.2. The molecule has 2 amide bonds. The van der Waals surface area contributed by atoms with Gasteiger partial charge >= 0.3 is 5.97 Å². The molecule has 158 valence electrons. The van der Waals surface area contributed by atoms with E-state index in [0.29, 0.717) is 5.56 Å². The number of β-lactam (4-membered cyclic amide) rings is 1. The molecule has 0 aliphatic carbocycles. The van der Waals surface area contributed by atoms with E-state index in [1.54, 1.807) is 13.8 Å². The highest BCUT2D eigenvalue weighted by Crippen LogP contribution is 2.50. The summed E-state index contributed by atoms with van der Waals surface area (Å²) < 4.78 is -0.648. The Hall–Kier alpha value is -2.38. The average molecular weight is 419 g/mol. The minimum Gasteiger partial charge on any atom is -0.508 e. The van der Waals surface area contributed by atoms with Crippen LogP contribution in [0.1, 0.15) is 25.5 Å². The summed E-state index contributed by atoms with van der Waals surface area (Å²) in [4.78, 5) is 37.5. The topological polar surface area (TPSA) is 227 Å². The molecule has 1 aromatic rings. The highest BCUT2D eigenvalue weighted by atomic mass is 32.2. The Bertz CT molecular complexity index is 742. The van der Waals surface area contributed by atoms with Gasteiger partial charge in [-0.2, -0.15) is 0 Å². The first-order valence-electron chi connectivity index (χ1n) is 7.71. The number of nitrogens with two attached hydrogens (primary N) is 1. The summed E-state index contributed by atoms with van der Waals surface area (Å²) in [5, 5.41) is 20.9. The van der Waals surface area contributed by atoms with Crippen molar-refractivity contribution in [3.8, 4) is 5.75 Å². The number of phenols is 1. The van der Waals surface area contributed by atoms with Gasteiger partial charge in [0.15, 0.2) is 0 Å². The molecule has 0 saturated carbocycles. The number of nitrogens with zero attached hydrogens (tertiary/aromatic N) is 1. The molecule has 0 spiro atoms. The third kappa shape index (κ3) is 4.05. The normalized spacial score (nSPS) is 25.0. The molecular formula is C16H25N3O8S. The minimum absolute atomic E-state index is 0. The van der Waals surface area contributed by atoms with Crippen molar-refractivity contribution in [2.45, 2.75) is 42.1 Å². The summed E-state index contributed by atoms with van der Waals surface area (Å²) in [6.07, 6.45) is 0. The Labute approximate surface area is 164 Å². The number of benzene rings is 1. The lowest BCUT2D eigenvalue weighted by molar-refractivity contribution is -0.161. The number of hydrogen-bond donors (Lipinski definition) is 4. The molecule has 1 aromatic carbocycles. The van der Waals surface area contributed by atoms with Gasteiger partial charge in [0.25, 0.3) is 0 Å². The van der Waals surface area contributed by atoms with Gasteiger partial charge in [-0.25, -0.2) is 4.79 Å². The predicted octanol–water partition coefficient (Wildman–Crippen LogP) is -2.45. The number of aliphatic carboxylic acids is 1. The molecule has 0 radical (unpaired) electrons. The molecule has 3 rings (SSSR count). The van der Waals surface area contributed by atoms with Crippen LogP contribution in [0.25, 0.3) is 0 Å². The van der Waals surface area contributed by atoms with Crippen molar-refractivity contribution in [1.29, 1.82) is 0 Å². The fourth-order valence-electron chi connectivity index (χ4n) is 3.22. The molecule has 0 aromatic heterocycles. The average Bonchev–Trinajstić information content (AvgIpc) is 2.80. The van der Waals surface area contributed by atoms with Crippen LogP contribution in [0.4, 0.5) is 0 Å². The second kappa shape index (κ2) is 8.75.